The van der Waals surface area contributed by atoms with E-state index in [1.54, 1.807) is 0 Å². The number of aliphatic carboxylic acids is 1. The zero-order valence-electron chi connectivity index (χ0n) is 8.89. The van der Waals surface area contributed by atoms with Gasteiger partial charge in [-0.25, -0.2) is 4.39 Å². The van der Waals surface area contributed by atoms with Crippen LogP contribution in [0.4, 0.5) is 8.78 Å². The van der Waals surface area contributed by atoms with Crippen LogP contribution < -0.4 is 4.74 Å². The molecule has 1 aromatic rings. The van der Waals surface area contributed by atoms with Crippen molar-refractivity contribution in [2.45, 2.75) is 18.3 Å². The molecule has 0 unspecified atom stereocenters. The van der Waals surface area contributed by atoms with Crippen molar-refractivity contribution in [2.24, 2.45) is 0 Å². The number of carbonyl (C=O) groups is 1. The second-order valence-corrected chi connectivity index (χ2v) is 4.36. The van der Waals surface area contributed by atoms with E-state index in [0.717, 1.165) is 13.2 Å². The van der Waals surface area contributed by atoms with E-state index in [0.29, 0.717) is 0 Å². The first-order valence-corrected chi connectivity index (χ1v) is 5.27. The predicted molar refractivity (Wildman–Crippen MR) is 56.5 cm³/mol. The zero-order chi connectivity index (χ0) is 12.8. The molecule has 6 heteroatoms. The molecule has 0 heterocycles. The fraction of sp³-hybridized carbons (Fsp3) is 0.364. The molecule has 17 heavy (non-hydrogen) atoms. The van der Waals surface area contributed by atoms with Gasteiger partial charge in [0.1, 0.15) is 0 Å². The minimum absolute atomic E-state index is 0.131. The fourth-order valence-electron chi connectivity index (χ4n) is 1.84. The summed E-state index contributed by atoms with van der Waals surface area (Å²) in [6.07, 6.45) is 0.558. The molecule has 0 saturated heterocycles. The Morgan fingerprint density at radius 1 is 1.47 bits per heavy atom. The van der Waals surface area contributed by atoms with Crippen LogP contribution in [0.3, 0.4) is 0 Å². The summed E-state index contributed by atoms with van der Waals surface area (Å²) in [5, 5.41) is 8.90. The summed E-state index contributed by atoms with van der Waals surface area (Å²) in [4.78, 5) is 11.0. The first-order chi connectivity index (χ1) is 7.94. The molecule has 0 aromatic heterocycles. The lowest BCUT2D eigenvalue weighted by atomic mass is 9.95. The van der Waals surface area contributed by atoms with Crippen molar-refractivity contribution < 1.29 is 23.4 Å². The number of halogens is 3. The number of carboxylic acids is 1. The Morgan fingerprint density at radius 2 is 2.06 bits per heavy atom. The quantitative estimate of drug-likeness (QED) is 0.852. The molecule has 92 valence electrons. The van der Waals surface area contributed by atoms with Crippen molar-refractivity contribution >= 4 is 17.6 Å². The van der Waals surface area contributed by atoms with Crippen molar-refractivity contribution in [3.8, 4) is 5.75 Å². The monoisotopic (exact) mass is 262 g/mol. The highest BCUT2D eigenvalue weighted by atomic mass is 35.5. The lowest BCUT2D eigenvalue weighted by Crippen LogP contribution is -2.21. The van der Waals surface area contributed by atoms with E-state index in [1.807, 2.05) is 0 Å². The van der Waals surface area contributed by atoms with E-state index in [4.69, 9.17) is 16.7 Å². The minimum Gasteiger partial charge on any atom is -0.492 e. The summed E-state index contributed by atoms with van der Waals surface area (Å²) in [7, 11) is 1.16. The second-order valence-electron chi connectivity index (χ2n) is 3.95. The molecule has 1 saturated carbocycles. The van der Waals surface area contributed by atoms with Gasteiger partial charge in [-0.3, -0.25) is 4.79 Å². The number of benzene rings is 1. The van der Waals surface area contributed by atoms with E-state index in [-0.39, 0.29) is 23.4 Å². The Balaban J connectivity index is 2.62. The molecule has 1 fully saturated rings. The molecular weight excluding hydrogens is 254 g/mol. The highest BCUT2D eigenvalue weighted by Gasteiger charge is 2.54. The molecule has 3 nitrogen and oxygen atoms in total. The number of carboxylic acid groups (broad SMARTS) is 1. The van der Waals surface area contributed by atoms with Gasteiger partial charge in [-0.2, -0.15) is 4.39 Å². The number of hydrogen-bond donors (Lipinski definition) is 1. The average Bonchev–Trinajstić information content (AvgIpc) is 3.05. The van der Waals surface area contributed by atoms with E-state index < -0.39 is 28.8 Å². The second kappa shape index (κ2) is 3.84. The van der Waals surface area contributed by atoms with Crippen LogP contribution in [0.1, 0.15) is 18.4 Å². The number of rotatable bonds is 3. The molecule has 0 spiro atoms. The molecule has 1 aliphatic rings. The molecule has 0 radical (unpaired) electrons. The van der Waals surface area contributed by atoms with Crippen LogP contribution in [-0.2, 0) is 10.2 Å². The molecule has 0 amide bonds. The molecule has 0 aliphatic heterocycles. The minimum atomic E-state index is -1.33. The Labute approximate surface area is 101 Å². The predicted octanol–water partition coefficient (Wildman–Crippen LogP) is 2.74. The molecule has 1 aliphatic carbocycles. The third-order valence-electron chi connectivity index (χ3n) is 3.00. The lowest BCUT2D eigenvalue weighted by Gasteiger charge is -2.14. The van der Waals surface area contributed by atoms with Crippen LogP contribution in [0.2, 0.25) is 5.02 Å². The van der Waals surface area contributed by atoms with E-state index in [2.05, 4.69) is 4.74 Å². The average molecular weight is 263 g/mol. The Morgan fingerprint density at radius 3 is 2.47 bits per heavy atom. The zero-order valence-corrected chi connectivity index (χ0v) is 9.65. The summed E-state index contributed by atoms with van der Waals surface area (Å²) in [6.45, 7) is 0. The maximum Gasteiger partial charge on any atom is 0.314 e. The SMILES string of the molecule is COc1c(Cl)cc(C2(C(=O)O)CC2)c(F)c1F. The van der Waals surface area contributed by atoms with Gasteiger partial charge in [0.2, 0.25) is 5.82 Å². The van der Waals surface area contributed by atoms with Gasteiger partial charge in [-0.05, 0) is 18.9 Å². The molecule has 0 bridgehead atoms. The van der Waals surface area contributed by atoms with Crippen molar-refractivity contribution in [1.29, 1.82) is 0 Å². The Kier molecular flexibility index (Phi) is 2.73. The first-order valence-electron chi connectivity index (χ1n) is 4.89. The molecule has 1 aromatic carbocycles. The van der Waals surface area contributed by atoms with Crippen LogP contribution in [-0.4, -0.2) is 18.2 Å². The standard InChI is InChI=1S/C11H9ClF2O3/c1-17-9-6(12)4-5(7(13)8(9)14)11(2-3-11)10(15)16/h4H,2-3H2,1H3,(H,15,16). The van der Waals surface area contributed by atoms with Crippen LogP contribution in [0.15, 0.2) is 6.07 Å². The van der Waals surface area contributed by atoms with Gasteiger partial charge in [0.15, 0.2) is 11.6 Å². The van der Waals surface area contributed by atoms with E-state index in [1.165, 1.54) is 0 Å². The Bertz CT molecular complexity index is 498. The van der Waals surface area contributed by atoms with Crippen LogP contribution in [0, 0.1) is 11.6 Å². The number of methoxy groups -OCH3 is 1. The van der Waals surface area contributed by atoms with Crippen molar-refractivity contribution in [3.63, 3.8) is 0 Å². The topological polar surface area (TPSA) is 46.5 Å². The van der Waals surface area contributed by atoms with Gasteiger partial charge in [-0.15, -0.1) is 0 Å². The fourth-order valence-corrected chi connectivity index (χ4v) is 2.11. The largest absolute Gasteiger partial charge is 0.492 e. The van der Waals surface area contributed by atoms with Crippen molar-refractivity contribution in [2.75, 3.05) is 7.11 Å². The maximum atomic E-state index is 13.7. The summed E-state index contributed by atoms with van der Waals surface area (Å²) in [6, 6.07) is 1.12. The first kappa shape index (κ1) is 12.1. The molecular formula is C11H9ClF2O3. The highest BCUT2D eigenvalue weighted by molar-refractivity contribution is 6.32. The van der Waals surface area contributed by atoms with Gasteiger partial charge < -0.3 is 9.84 Å². The maximum absolute atomic E-state index is 13.7. The van der Waals surface area contributed by atoms with Crippen molar-refractivity contribution in [3.05, 3.63) is 28.3 Å². The van der Waals surface area contributed by atoms with Gasteiger partial charge in [0.25, 0.3) is 0 Å². The third kappa shape index (κ3) is 1.65. The summed E-state index contributed by atoms with van der Waals surface area (Å²) in [5.74, 6) is -4.03. The van der Waals surface area contributed by atoms with Gasteiger partial charge >= 0.3 is 5.97 Å². The van der Waals surface area contributed by atoms with Gasteiger partial charge in [0, 0.05) is 5.56 Å². The van der Waals surface area contributed by atoms with E-state index in [9.17, 15) is 13.6 Å². The van der Waals surface area contributed by atoms with Crippen LogP contribution >= 0.6 is 11.6 Å². The summed E-state index contributed by atoms with van der Waals surface area (Å²) >= 11 is 5.72. The smallest absolute Gasteiger partial charge is 0.314 e. The summed E-state index contributed by atoms with van der Waals surface area (Å²) in [5.41, 5.74) is -1.55. The molecule has 1 N–H and O–H groups in total. The number of ether oxygens (including phenoxy) is 1. The van der Waals surface area contributed by atoms with Gasteiger partial charge in [0.05, 0.1) is 17.5 Å². The lowest BCUT2D eigenvalue weighted by molar-refractivity contribution is -0.140. The third-order valence-corrected chi connectivity index (χ3v) is 3.28. The van der Waals surface area contributed by atoms with Gasteiger partial charge in [-0.1, -0.05) is 11.6 Å². The highest BCUT2D eigenvalue weighted by Crippen LogP contribution is 2.51. The molecule has 0 atom stereocenters. The Hall–Kier alpha value is -1.36. The van der Waals surface area contributed by atoms with Crippen molar-refractivity contribution in [1.82, 2.24) is 0 Å². The molecule has 2 rings (SSSR count). The van der Waals surface area contributed by atoms with E-state index >= 15 is 0 Å². The normalized spacial score (nSPS) is 16.7. The number of hydrogen-bond acceptors (Lipinski definition) is 2. The van der Waals surface area contributed by atoms with Crippen LogP contribution in [0.25, 0.3) is 0 Å². The summed E-state index contributed by atoms with van der Waals surface area (Å²) < 4.78 is 31.9. The van der Waals surface area contributed by atoms with Crippen LogP contribution in [0.5, 0.6) is 5.75 Å².